The topological polar surface area (TPSA) is 108 Å². The fourth-order valence-electron chi connectivity index (χ4n) is 4.66. The smallest absolute Gasteiger partial charge is 0.335 e. The van der Waals surface area contributed by atoms with Crippen molar-refractivity contribution in [2.45, 2.75) is 45.2 Å². The molecule has 2 aromatic rings. The Morgan fingerprint density at radius 1 is 1.05 bits per heavy atom. The molecule has 198 valence electrons. The Kier molecular flexibility index (Phi) is 9.37. The molecule has 2 N–H and O–H groups in total. The average molecular weight is 510 g/mol. The van der Waals surface area contributed by atoms with E-state index >= 15 is 0 Å². The lowest BCUT2D eigenvalue weighted by Crippen LogP contribution is -2.37. The van der Waals surface area contributed by atoms with Crippen LogP contribution in [0.2, 0.25) is 0 Å². The number of amides is 2. The molecule has 0 bridgehead atoms. The summed E-state index contributed by atoms with van der Waals surface area (Å²) < 4.78 is 12.1. The van der Waals surface area contributed by atoms with Gasteiger partial charge in [0.05, 0.1) is 25.3 Å². The number of hydrogen-bond donors (Lipinski definition) is 2. The molecule has 2 aromatic carbocycles. The van der Waals surface area contributed by atoms with E-state index < -0.39 is 5.97 Å². The molecule has 2 aliphatic heterocycles. The van der Waals surface area contributed by atoms with E-state index in [4.69, 9.17) is 9.47 Å². The highest BCUT2D eigenvalue weighted by molar-refractivity contribution is 5.88. The number of aromatic carboxylic acids is 1. The first-order chi connectivity index (χ1) is 18.0. The molecular weight excluding hydrogens is 474 g/mol. The van der Waals surface area contributed by atoms with Crippen molar-refractivity contribution in [3.05, 3.63) is 59.2 Å². The van der Waals surface area contributed by atoms with Crippen molar-refractivity contribution >= 4 is 17.8 Å². The standard InChI is InChI=1S/C28H35N3O6/c32-26-20-30(18-22-7-2-3-8-24(22)37-16-14-31-13-6-9-27(31)33)19-23-11-10-21(28(34)35)17-25(23)36-15-5-1-4-12-29-26/h2-3,7-8,10-11,17H,1,4-6,9,12-16,18-20H2,(H,29,32)(H,34,35). The van der Waals surface area contributed by atoms with Gasteiger partial charge in [0.2, 0.25) is 11.8 Å². The fourth-order valence-corrected chi connectivity index (χ4v) is 4.66. The lowest BCUT2D eigenvalue weighted by atomic mass is 10.1. The minimum Gasteiger partial charge on any atom is -0.493 e. The molecule has 0 atom stereocenters. The zero-order valence-electron chi connectivity index (χ0n) is 21.1. The summed E-state index contributed by atoms with van der Waals surface area (Å²) in [5, 5.41) is 12.4. The van der Waals surface area contributed by atoms with Gasteiger partial charge >= 0.3 is 5.97 Å². The molecule has 0 aromatic heterocycles. The van der Waals surface area contributed by atoms with Crippen LogP contribution in [0.5, 0.6) is 11.5 Å². The van der Waals surface area contributed by atoms with Crippen molar-refractivity contribution in [3.63, 3.8) is 0 Å². The summed E-state index contributed by atoms with van der Waals surface area (Å²) in [6.45, 7) is 3.85. The third-order valence-corrected chi connectivity index (χ3v) is 6.63. The van der Waals surface area contributed by atoms with Crippen LogP contribution in [0, 0.1) is 0 Å². The van der Waals surface area contributed by atoms with Crippen LogP contribution in [-0.2, 0) is 22.7 Å². The third-order valence-electron chi connectivity index (χ3n) is 6.63. The second-order valence-electron chi connectivity index (χ2n) is 9.47. The number of fused-ring (bicyclic) bond motifs is 1. The Bertz CT molecular complexity index is 1110. The summed E-state index contributed by atoms with van der Waals surface area (Å²) in [4.78, 5) is 40.0. The summed E-state index contributed by atoms with van der Waals surface area (Å²) >= 11 is 0. The van der Waals surface area contributed by atoms with E-state index in [1.165, 1.54) is 0 Å². The van der Waals surface area contributed by atoms with Gasteiger partial charge in [0.1, 0.15) is 18.1 Å². The van der Waals surface area contributed by atoms with Gasteiger partial charge < -0.3 is 24.8 Å². The highest BCUT2D eigenvalue weighted by Gasteiger charge is 2.21. The molecule has 0 aliphatic carbocycles. The molecule has 9 heteroatoms. The average Bonchev–Trinajstić information content (AvgIpc) is 3.29. The monoisotopic (exact) mass is 509 g/mol. The van der Waals surface area contributed by atoms with Gasteiger partial charge in [-0.15, -0.1) is 0 Å². The zero-order valence-corrected chi connectivity index (χ0v) is 21.1. The quantitative estimate of drug-likeness (QED) is 0.591. The Labute approximate surface area is 217 Å². The van der Waals surface area contributed by atoms with Gasteiger partial charge in [-0.1, -0.05) is 24.3 Å². The van der Waals surface area contributed by atoms with Gasteiger partial charge in [-0.25, -0.2) is 4.79 Å². The summed E-state index contributed by atoms with van der Waals surface area (Å²) in [6, 6.07) is 12.6. The van der Waals surface area contributed by atoms with Crippen molar-refractivity contribution in [2.24, 2.45) is 0 Å². The van der Waals surface area contributed by atoms with Gasteiger partial charge in [0.15, 0.2) is 0 Å². The highest BCUT2D eigenvalue weighted by atomic mass is 16.5. The second kappa shape index (κ2) is 13.1. The van der Waals surface area contributed by atoms with E-state index in [9.17, 15) is 19.5 Å². The number of hydrogen-bond acceptors (Lipinski definition) is 6. The van der Waals surface area contributed by atoms with Gasteiger partial charge in [0.25, 0.3) is 0 Å². The number of carbonyl (C=O) groups excluding carboxylic acids is 2. The molecule has 37 heavy (non-hydrogen) atoms. The maximum absolute atomic E-state index is 12.7. The van der Waals surface area contributed by atoms with Crippen molar-refractivity contribution < 1.29 is 29.0 Å². The van der Waals surface area contributed by atoms with E-state index in [0.29, 0.717) is 51.6 Å². The lowest BCUT2D eigenvalue weighted by molar-refractivity contribution is -0.128. The van der Waals surface area contributed by atoms with E-state index in [0.717, 1.165) is 49.1 Å². The fraction of sp³-hybridized carbons (Fsp3) is 0.464. The molecule has 2 heterocycles. The molecule has 0 spiro atoms. The Balaban J connectivity index is 1.52. The summed E-state index contributed by atoms with van der Waals surface area (Å²) in [6.07, 6.45) is 4.08. The molecule has 0 saturated carbocycles. The maximum atomic E-state index is 12.7. The van der Waals surface area contributed by atoms with Crippen LogP contribution >= 0.6 is 0 Å². The first-order valence-corrected chi connectivity index (χ1v) is 13.0. The number of benzene rings is 2. The van der Waals surface area contributed by atoms with Crippen LogP contribution in [0.4, 0.5) is 0 Å². The van der Waals surface area contributed by atoms with E-state index in [-0.39, 0.29) is 23.9 Å². The zero-order chi connectivity index (χ0) is 26.0. The van der Waals surface area contributed by atoms with Crippen LogP contribution in [0.25, 0.3) is 0 Å². The predicted molar refractivity (Wildman–Crippen MR) is 138 cm³/mol. The normalized spacial score (nSPS) is 17.6. The number of likely N-dealkylation sites (tertiary alicyclic amines) is 1. The molecule has 0 radical (unpaired) electrons. The molecule has 2 amide bonds. The molecule has 1 fully saturated rings. The van der Waals surface area contributed by atoms with Crippen molar-refractivity contribution in [2.75, 3.05) is 39.4 Å². The first-order valence-electron chi connectivity index (χ1n) is 13.0. The molecular formula is C28H35N3O6. The van der Waals surface area contributed by atoms with Crippen LogP contribution in [0.3, 0.4) is 0 Å². The van der Waals surface area contributed by atoms with Crippen LogP contribution in [0.1, 0.15) is 53.6 Å². The number of carboxylic acid groups (broad SMARTS) is 1. The van der Waals surface area contributed by atoms with Crippen molar-refractivity contribution in [3.8, 4) is 11.5 Å². The van der Waals surface area contributed by atoms with Gasteiger partial charge in [-0.3, -0.25) is 14.5 Å². The number of rotatable bonds is 7. The summed E-state index contributed by atoms with van der Waals surface area (Å²) in [5.74, 6) is 0.353. The van der Waals surface area contributed by atoms with E-state index in [1.807, 2.05) is 34.1 Å². The number of ether oxygens (including phenoxy) is 2. The molecule has 2 aliphatic rings. The van der Waals surface area contributed by atoms with E-state index in [2.05, 4.69) is 5.32 Å². The maximum Gasteiger partial charge on any atom is 0.335 e. The predicted octanol–water partition coefficient (Wildman–Crippen LogP) is 3.07. The van der Waals surface area contributed by atoms with Crippen molar-refractivity contribution in [1.29, 1.82) is 0 Å². The molecule has 9 nitrogen and oxygen atoms in total. The molecule has 4 rings (SSSR count). The van der Waals surface area contributed by atoms with Crippen LogP contribution in [-0.4, -0.2) is 72.1 Å². The van der Waals surface area contributed by atoms with Crippen LogP contribution < -0.4 is 14.8 Å². The molecule has 0 unspecified atom stereocenters. The Hall–Kier alpha value is -3.59. The Morgan fingerprint density at radius 2 is 1.92 bits per heavy atom. The second-order valence-corrected chi connectivity index (χ2v) is 9.47. The van der Waals surface area contributed by atoms with Gasteiger partial charge in [-0.05, 0) is 43.9 Å². The number of nitrogens with zero attached hydrogens (tertiary/aromatic N) is 2. The van der Waals surface area contributed by atoms with Gasteiger partial charge in [0, 0.05) is 43.7 Å². The van der Waals surface area contributed by atoms with Crippen molar-refractivity contribution in [1.82, 2.24) is 15.1 Å². The third kappa shape index (κ3) is 7.69. The SMILES string of the molecule is O=C1CN(Cc2ccccc2OCCN2CCCC2=O)Cc2ccc(C(=O)O)cc2OCCCCCN1. The van der Waals surface area contributed by atoms with Crippen LogP contribution in [0.15, 0.2) is 42.5 Å². The summed E-state index contributed by atoms with van der Waals surface area (Å²) in [5.41, 5.74) is 1.92. The minimum atomic E-state index is -1.01. The van der Waals surface area contributed by atoms with Gasteiger partial charge in [-0.2, -0.15) is 0 Å². The number of carbonyl (C=O) groups is 3. The lowest BCUT2D eigenvalue weighted by Gasteiger charge is -2.25. The first kappa shape index (κ1) is 26.5. The Morgan fingerprint density at radius 3 is 2.73 bits per heavy atom. The number of carboxylic acids is 1. The molecule has 1 saturated heterocycles. The number of para-hydroxylation sites is 1. The summed E-state index contributed by atoms with van der Waals surface area (Å²) in [7, 11) is 0. The number of nitrogens with one attached hydrogen (secondary N) is 1. The van der Waals surface area contributed by atoms with E-state index in [1.54, 1.807) is 18.2 Å². The largest absolute Gasteiger partial charge is 0.493 e. The highest BCUT2D eigenvalue weighted by Crippen LogP contribution is 2.26. The minimum absolute atomic E-state index is 0.0604.